The van der Waals surface area contributed by atoms with Crippen LogP contribution in [0.2, 0.25) is 0 Å². The first-order valence-electron chi connectivity index (χ1n) is 11.0. The summed E-state index contributed by atoms with van der Waals surface area (Å²) in [7, 11) is 0. The first kappa shape index (κ1) is 24.5. The average Bonchev–Trinajstić information content (AvgIpc) is 3.36. The molecule has 2 aromatic carbocycles. The minimum absolute atomic E-state index is 0.0235. The molecule has 7 nitrogen and oxygen atoms in total. The molecule has 0 atom stereocenters. The van der Waals surface area contributed by atoms with Crippen LogP contribution in [0.15, 0.2) is 64.8 Å². The van der Waals surface area contributed by atoms with Gasteiger partial charge in [-0.15, -0.1) is 0 Å². The predicted molar refractivity (Wildman–Crippen MR) is 129 cm³/mol. The maximum absolute atomic E-state index is 12.4. The fourth-order valence-electron chi connectivity index (χ4n) is 3.16. The number of rotatable bonds is 11. The Morgan fingerprint density at radius 2 is 1.82 bits per heavy atom. The molecule has 3 aromatic rings. The van der Waals surface area contributed by atoms with Gasteiger partial charge in [0.2, 0.25) is 0 Å². The standard InChI is InChI=1S/C27H28N2O5/c1-4-31-26-16-21(15-22(17-28)27(30)29-18-23-6-5-11-32-23)9-10-24(26)33-12-13-34-25-14-19(2)7-8-20(25)3/h5-11,14-16H,4,12-13,18H2,1-3H3,(H,29,30)/b22-15+. The number of carbonyl (C=O) groups is 1. The minimum Gasteiger partial charge on any atom is -0.490 e. The van der Waals surface area contributed by atoms with Gasteiger partial charge in [0.05, 0.1) is 19.4 Å². The molecule has 0 aliphatic rings. The molecule has 0 aliphatic heterocycles. The van der Waals surface area contributed by atoms with E-state index in [9.17, 15) is 10.1 Å². The number of furan rings is 1. The van der Waals surface area contributed by atoms with Gasteiger partial charge >= 0.3 is 0 Å². The highest BCUT2D eigenvalue weighted by Gasteiger charge is 2.12. The van der Waals surface area contributed by atoms with E-state index in [1.807, 2.05) is 45.0 Å². The number of nitrogens with one attached hydrogen (secondary N) is 1. The number of benzene rings is 2. The van der Waals surface area contributed by atoms with E-state index >= 15 is 0 Å². The number of carbonyl (C=O) groups excluding carboxylic acids is 1. The number of hydrogen-bond acceptors (Lipinski definition) is 6. The molecule has 0 saturated heterocycles. The topological polar surface area (TPSA) is 93.7 Å². The maximum Gasteiger partial charge on any atom is 0.262 e. The normalized spacial score (nSPS) is 10.9. The first-order chi connectivity index (χ1) is 16.5. The third kappa shape index (κ3) is 6.91. The Hall–Kier alpha value is -4.18. The summed E-state index contributed by atoms with van der Waals surface area (Å²) < 4.78 is 22.6. The monoisotopic (exact) mass is 460 g/mol. The highest BCUT2D eigenvalue weighted by Crippen LogP contribution is 2.29. The summed E-state index contributed by atoms with van der Waals surface area (Å²) in [6.45, 7) is 7.25. The Labute approximate surface area is 199 Å². The van der Waals surface area contributed by atoms with Crippen LogP contribution in [-0.2, 0) is 11.3 Å². The lowest BCUT2D eigenvalue weighted by Crippen LogP contribution is -2.23. The largest absolute Gasteiger partial charge is 0.490 e. The molecule has 0 radical (unpaired) electrons. The van der Waals surface area contributed by atoms with Crippen molar-refractivity contribution in [3.05, 3.63) is 82.8 Å². The third-order valence-electron chi connectivity index (χ3n) is 4.89. The first-order valence-corrected chi connectivity index (χ1v) is 11.0. The van der Waals surface area contributed by atoms with Crippen LogP contribution >= 0.6 is 0 Å². The molecule has 7 heteroatoms. The maximum atomic E-state index is 12.4. The van der Waals surface area contributed by atoms with Crippen LogP contribution in [0.3, 0.4) is 0 Å². The molecule has 3 rings (SSSR count). The highest BCUT2D eigenvalue weighted by molar-refractivity contribution is 6.01. The quantitative estimate of drug-likeness (QED) is 0.247. The van der Waals surface area contributed by atoms with Gasteiger partial charge in [0, 0.05) is 0 Å². The van der Waals surface area contributed by atoms with Gasteiger partial charge in [-0.2, -0.15) is 5.26 Å². The van der Waals surface area contributed by atoms with E-state index in [0.717, 1.165) is 16.9 Å². The molecule has 1 N–H and O–H groups in total. The third-order valence-corrected chi connectivity index (χ3v) is 4.89. The lowest BCUT2D eigenvalue weighted by Gasteiger charge is -2.14. The van der Waals surface area contributed by atoms with E-state index in [4.69, 9.17) is 18.6 Å². The lowest BCUT2D eigenvalue weighted by atomic mass is 10.1. The summed E-state index contributed by atoms with van der Waals surface area (Å²) in [5.41, 5.74) is 2.82. The SMILES string of the molecule is CCOc1cc(/C=C(\C#N)C(=O)NCc2ccco2)ccc1OCCOc1cc(C)ccc1C. The number of nitriles is 1. The molecule has 0 aliphatic carbocycles. The highest BCUT2D eigenvalue weighted by atomic mass is 16.5. The molecule has 0 fully saturated rings. The van der Waals surface area contributed by atoms with Gasteiger partial charge in [0.15, 0.2) is 11.5 Å². The summed E-state index contributed by atoms with van der Waals surface area (Å²) in [5, 5.41) is 12.1. The van der Waals surface area contributed by atoms with Gasteiger partial charge in [-0.3, -0.25) is 4.79 Å². The molecule has 0 saturated carbocycles. The molecule has 1 amide bonds. The summed E-state index contributed by atoms with van der Waals surface area (Å²) >= 11 is 0. The van der Waals surface area contributed by atoms with E-state index in [-0.39, 0.29) is 12.1 Å². The van der Waals surface area contributed by atoms with Crippen LogP contribution in [0.5, 0.6) is 17.2 Å². The van der Waals surface area contributed by atoms with E-state index in [1.165, 1.54) is 12.3 Å². The molecule has 34 heavy (non-hydrogen) atoms. The van der Waals surface area contributed by atoms with E-state index in [1.54, 1.807) is 30.3 Å². The summed E-state index contributed by atoms with van der Waals surface area (Å²) in [5.74, 6) is 2.04. The van der Waals surface area contributed by atoms with Crippen molar-refractivity contribution in [1.29, 1.82) is 5.26 Å². The van der Waals surface area contributed by atoms with Crippen molar-refractivity contribution in [3.8, 4) is 23.3 Å². The zero-order chi connectivity index (χ0) is 24.3. The predicted octanol–water partition coefficient (Wildman–Crippen LogP) is 4.98. The van der Waals surface area contributed by atoms with E-state index < -0.39 is 5.91 Å². The number of hydrogen-bond donors (Lipinski definition) is 1. The van der Waals surface area contributed by atoms with E-state index in [0.29, 0.717) is 42.6 Å². The van der Waals surface area contributed by atoms with Crippen molar-refractivity contribution in [3.63, 3.8) is 0 Å². The smallest absolute Gasteiger partial charge is 0.262 e. The second-order valence-corrected chi connectivity index (χ2v) is 7.54. The Morgan fingerprint density at radius 3 is 2.53 bits per heavy atom. The second kappa shape index (κ2) is 12.2. The summed E-state index contributed by atoms with van der Waals surface area (Å²) in [6.07, 6.45) is 3.03. The molecule has 0 bridgehead atoms. The zero-order valence-electron chi connectivity index (χ0n) is 19.6. The molecular formula is C27H28N2O5. The van der Waals surface area contributed by atoms with Crippen LogP contribution in [0.1, 0.15) is 29.4 Å². The van der Waals surface area contributed by atoms with E-state index in [2.05, 4.69) is 5.32 Å². The van der Waals surface area contributed by atoms with Gasteiger partial charge in [0.1, 0.15) is 36.4 Å². The van der Waals surface area contributed by atoms with Crippen LogP contribution in [0.4, 0.5) is 0 Å². The summed E-state index contributed by atoms with van der Waals surface area (Å²) in [4.78, 5) is 12.4. The molecule has 0 spiro atoms. The van der Waals surface area contributed by atoms with Crippen molar-refractivity contribution >= 4 is 12.0 Å². The van der Waals surface area contributed by atoms with Crippen molar-refractivity contribution in [1.82, 2.24) is 5.32 Å². The van der Waals surface area contributed by atoms with Crippen molar-refractivity contribution in [2.75, 3.05) is 19.8 Å². The fraction of sp³-hybridized carbons (Fsp3) is 0.259. The summed E-state index contributed by atoms with van der Waals surface area (Å²) in [6, 6.07) is 16.7. The number of amides is 1. The van der Waals surface area contributed by atoms with Gasteiger partial charge in [-0.05, 0) is 73.9 Å². The zero-order valence-corrected chi connectivity index (χ0v) is 19.6. The Kier molecular flexibility index (Phi) is 8.75. The Bertz CT molecular complexity index is 1180. The minimum atomic E-state index is -0.485. The van der Waals surface area contributed by atoms with Crippen LogP contribution in [0.25, 0.3) is 6.08 Å². The van der Waals surface area contributed by atoms with Crippen molar-refractivity contribution in [2.45, 2.75) is 27.3 Å². The molecule has 0 unspecified atom stereocenters. The Balaban J connectivity index is 1.63. The van der Waals surface area contributed by atoms with Crippen molar-refractivity contribution in [2.24, 2.45) is 0 Å². The molecular weight excluding hydrogens is 432 g/mol. The lowest BCUT2D eigenvalue weighted by molar-refractivity contribution is -0.117. The van der Waals surface area contributed by atoms with Crippen LogP contribution in [-0.4, -0.2) is 25.7 Å². The Morgan fingerprint density at radius 1 is 1.03 bits per heavy atom. The molecule has 1 heterocycles. The number of aryl methyl sites for hydroxylation is 2. The number of nitrogens with zero attached hydrogens (tertiary/aromatic N) is 1. The van der Waals surface area contributed by atoms with Gasteiger partial charge in [-0.1, -0.05) is 18.2 Å². The molecule has 1 aromatic heterocycles. The van der Waals surface area contributed by atoms with Gasteiger partial charge in [-0.25, -0.2) is 0 Å². The van der Waals surface area contributed by atoms with Crippen LogP contribution in [0, 0.1) is 25.2 Å². The average molecular weight is 461 g/mol. The van der Waals surface area contributed by atoms with Gasteiger partial charge < -0.3 is 23.9 Å². The molecule has 176 valence electrons. The second-order valence-electron chi connectivity index (χ2n) is 7.54. The van der Waals surface area contributed by atoms with Gasteiger partial charge in [0.25, 0.3) is 5.91 Å². The fourth-order valence-corrected chi connectivity index (χ4v) is 3.16. The van der Waals surface area contributed by atoms with Crippen LogP contribution < -0.4 is 19.5 Å². The number of ether oxygens (including phenoxy) is 3. The van der Waals surface area contributed by atoms with Crippen molar-refractivity contribution < 1.29 is 23.4 Å².